The predicted octanol–water partition coefficient (Wildman–Crippen LogP) is 3.32. The predicted molar refractivity (Wildman–Crippen MR) is 81.2 cm³/mol. The third-order valence-corrected chi connectivity index (χ3v) is 3.69. The molecular formula is C16H24FN3. The maximum atomic E-state index is 13.6. The smallest absolute Gasteiger partial charge is 0.146 e. The number of para-hydroxylation sites is 1. The van der Waals surface area contributed by atoms with E-state index in [4.69, 9.17) is 0 Å². The number of nitrogens with one attached hydrogen (secondary N) is 1. The zero-order chi connectivity index (χ0) is 15.0. The van der Waals surface area contributed by atoms with E-state index in [0.717, 1.165) is 32.4 Å². The van der Waals surface area contributed by atoms with Gasteiger partial charge in [-0.3, -0.25) is 5.32 Å². The SMILES string of the molecule is CCNC(C#N)(CC)CCCN(C)c1ccccc1F. The fraction of sp³-hybridized carbons (Fsp3) is 0.562. The van der Waals surface area contributed by atoms with Gasteiger partial charge < -0.3 is 4.90 Å². The molecule has 1 aromatic rings. The quantitative estimate of drug-likeness (QED) is 0.792. The highest BCUT2D eigenvalue weighted by atomic mass is 19.1. The van der Waals surface area contributed by atoms with Crippen LogP contribution in [0.4, 0.5) is 10.1 Å². The molecule has 0 saturated heterocycles. The molecular weight excluding hydrogens is 253 g/mol. The number of hydrogen-bond donors (Lipinski definition) is 1. The lowest BCUT2D eigenvalue weighted by Crippen LogP contribution is -2.43. The summed E-state index contributed by atoms with van der Waals surface area (Å²) in [6.45, 7) is 5.54. The van der Waals surface area contributed by atoms with Gasteiger partial charge in [0.05, 0.1) is 11.8 Å². The molecule has 0 aliphatic rings. The van der Waals surface area contributed by atoms with Crippen LogP contribution in [0.1, 0.15) is 33.1 Å². The van der Waals surface area contributed by atoms with Crippen molar-refractivity contribution in [3.8, 4) is 6.07 Å². The van der Waals surface area contributed by atoms with Crippen molar-refractivity contribution in [1.82, 2.24) is 5.32 Å². The molecule has 0 saturated carbocycles. The van der Waals surface area contributed by atoms with Crippen molar-refractivity contribution in [3.05, 3.63) is 30.1 Å². The summed E-state index contributed by atoms with van der Waals surface area (Å²) < 4.78 is 13.6. The Balaban J connectivity index is 2.55. The van der Waals surface area contributed by atoms with Gasteiger partial charge in [-0.1, -0.05) is 26.0 Å². The average Bonchev–Trinajstić information content (AvgIpc) is 2.46. The van der Waals surface area contributed by atoms with Crippen LogP contribution in [0.25, 0.3) is 0 Å². The third kappa shape index (κ3) is 4.21. The van der Waals surface area contributed by atoms with Gasteiger partial charge in [0.15, 0.2) is 0 Å². The van der Waals surface area contributed by atoms with Crippen LogP contribution >= 0.6 is 0 Å². The lowest BCUT2D eigenvalue weighted by atomic mass is 9.92. The highest BCUT2D eigenvalue weighted by Gasteiger charge is 2.26. The van der Waals surface area contributed by atoms with Gasteiger partial charge in [0, 0.05) is 13.6 Å². The van der Waals surface area contributed by atoms with E-state index in [1.54, 1.807) is 12.1 Å². The molecule has 1 atom stereocenters. The minimum absolute atomic E-state index is 0.205. The number of rotatable bonds is 8. The molecule has 4 heteroatoms. The molecule has 0 aliphatic carbocycles. The Morgan fingerprint density at radius 3 is 2.60 bits per heavy atom. The zero-order valence-electron chi connectivity index (χ0n) is 12.6. The summed E-state index contributed by atoms with van der Waals surface area (Å²) in [6, 6.07) is 9.15. The fourth-order valence-electron chi connectivity index (χ4n) is 2.40. The molecule has 1 rings (SSSR count). The van der Waals surface area contributed by atoms with E-state index < -0.39 is 5.54 Å². The van der Waals surface area contributed by atoms with Crippen LogP contribution in [0.5, 0.6) is 0 Å². The van der Waals surface area contributed by atoms with Crippen molar-refractivity contribution >= 4 is 5.69 Å². The summed E-state index contributed by atoms with van der Waals surface area (Å²) in [4.78, 5) is 1.90. The second-order valence-electron chi connectivity index (χ2n) is 5.05. The van der Waals surface area contributed by atoms with Crippen LogP contribution < -0.4 is 10.2 Å². The number of nitriles is 1. The molecule has 0 heterocycles. The minimum atomic E-state index is -0.454. The Kier molecular flexibility index (Phi) is 6.47. The van der Waals surface area contributed by atoms with E-state index >= 15 is 0 Å². The van der Waals surface area contributed by atoms with Crippen LogP contribution in [0.2, 0.25) is 0 Å². The lowest BCUT2D eigenvalue weighted by molar-refractivity contribution is 0.373. The monoisotopic (exact) mass is 277 g/mol. The average molecular weight is 277 g/mol. The van der Waals surface area contributed by atoms with Crippen molar-refractivity contribution in [2.75, 3.05) is 25.0 Å². The first-order chi connectivity index (χ1) is 9.58. The number of halogens is 1. The first-order valence-corrected chi connectivity index (χ1v) is 7.20. The second kappa shape index (κ2) is 7.86. The Labute approximate surface area is 121 Å². The third-order valence-electron chi connectivity index (χ3n) is 3.69. The maximum Gasteiger partial charge on any atom is 0.146 e. The maximum absolute atomic E-state index is 13.6. The highest BCUT2D eigenvalue weighted by Crippen LogP contribution is 2.20. The number of nitrogens with zero attached hydrogens (tertiary/aromatic N) is 2. The largest absolute Gasteiger partial charge is 0.372 e. The molecule has 0 amide bonds. The summed E-state index contributed by atoms with van der Waals surface area (Å²) in [7, 11) is 1.88. The summed E-state index contributed by atoms with van der Waals surface area (Å²) >= 11 is 0. The lowest BCUT2D eigenvalue weighted by Gasteiger charge is -2.27. The molecule has 1 aromatic carbocycles. The van der Waals surface area contributed by atoms with Crippen LogP contribution in [0.3, 0.4) is 0 Å². The van der Waals surface area contributed by atoms with Crippen molar-refractivity contribution in [2.24, 2.45) is 0 Å². The zero-order valence-corrected chi connectivity index (χ0v) is 12.6. The van der Waals surface area contributed by atoms with Crippen LogP contribution in [-0.4, -0.2) is 25.7 Å². The van der Waals surface area contributed by atoms with E-state index in [1.165, 1.54) is 6.07 Å². The standard InChI is InChI=1S/C16H24FN3/c1-4-16(13-18,19-5-2)11-8-12-20(3)15-10-7-6-9-14(15)17/h6-7,9-10,19H,4-5,8,11-12H2,1-3H3. The van der Waals surface area contributed by atoms with Gasteiger partial charge >= 0.3 is 0 Å². The van der Waals surface area contributed by atoms with Gasteiger partial charge in [-0.15, -0.1) is 0 Å². The molecule has 1 unspecified atom stereocenters. The normalized spacial score (nSPS) is 13.6. The highest BCUT2D eigenvalue weighted by molar-refractivity contribution is 5.46. The number of anilines is 1. The molecule has 3 nitrogen and oxygen atoms in total. The summed E-state index contributed by atoms with van der Waals surface area (Å²) in [6.07, 6.45) is 2.40. The molecule has 0 spiro atoms. The Bertz CT molecular complexity index is 455. The molecule has 0 aromatic heterocycles. The molecule has 1 N–H and O–H groups in total. The molecule has 0 radical (unpaired) electrons. The first kappa shape index (κ1) is 16.5. The van der Waals surface area contributed by atoms with E-state index in [0.29, 0.717) is 5.69 Å². The number of benzene rings is 1. The molecule has 20 heavy (non-hydrogen) atoms. The fourth-order valence-corrected chi connectivity index (χ4v) is 2.40. The summed E-state index contributed by atoms with van der Waals surface area (Å²) in [5.41, 5.74) is 0.153. The van der Waals surface area contributed by atoms with E-state index in [2.05, 4.69) is 11.4 Å². The Morgan fingerprint density at radius 2 is 2.05 bits per heavy atom. The van der Waals surface area contributed by atoms with Gasteiger partial charge in [0.2, 0.25) is 0 Å². The van der Waals surface area contributed by atoms with E-state index in [9.17, 15) is 9.65 Å². The summed E-state index contributed by atoms with van der Waals surface area (Å²) in [5, 5.41) is 12.6. The van der Waals surface area contributed by atoms with Crippen LogP contribution in [0, 0.1) is 17.1 Å². The first-order valence-electron chi connectivity index (χ1n) is 7.20. The van der Waals surface area contributed by atoms with Crippen LogP contribution in [0.15, 0.2) is 24.3 Å². The Hall–Kier alpha value is -1.60. The molecule has 110 valence electrons. The summed E-state index contributed by atoms with van der Waals surface area (Å²) in [5.74, 6) is -0.205. The van der Waals surface area contributed by atoms with E-state index in [1.807, 2.05) is 31.9 Å². The topological polar surface area (TPSA) is 39.1 Å². The minimum Gasteiger partial charge on any atom is -0.372 e. The Morgan fingerprint density at radius 1 is 1.35 bits per heavy atom. The second-order valence-corrected chi connectivity index (χ2v) is 5.05. The molecule has 0 bridgehead atoms. The van der Waals surface area contributed by atoms with Gasteiger partial charge in [-0.2, -0.15) is 5.26 Å². The van der Waals surface area contributed by atoms with Gasteiger partial charge in [0.1, 0.15) is 11.4 Å². The van der Waals surface area contributed by atoms with Crippen molar-refractivity contribution in [1.29, 1.82) is 5.26 Å². The van der Waals surface area contributed by atoms with E-state index in [-0.39, 0.29) is 5.82 Å². The van der Waals surface area contributed by atoms with Crippen molar-refractivity contribution in [3.63, 3.8) is 0 Å². The van der Waals surface area contributed by atoms with Gasteiger partial charge in [0.25, 0.3) is 0 Å². The van der Waals surface area contributed by atoms with Gasteiger partial charge in [-0.05, 0) is 37.9 Å². The molecule has 0 aliphatic heterocycles. The molecule has 0 fully saturated rings. The van der Waals surface area contributed by atoms with Crippen molar-refractivity contribution in [2.45, 2.75) is 38.6 Å². The van der Waals surface area contributed by atoms with Gasteiger partial charge in [-0.25, -0.2) is 4.39 Å². The van der Waals surface area contributed by atoms with Crippen molar-refractivity contribution < 1.29 is 4.39 Å². The van der Waals surface area contributed by atoms with Crippen LogP contribution in [-0.2, 0) is 0 Å². The number of hydrogen-bond acceptors (Lipinski definition) is 3.